The van der Waals surface area contributed by atoms with Crippen LogP contribution >= 0.6 is 0 Å². The van der Waals surface area contributed by atoms with Crippen molar-refractivity contribution in [1.29, 1.82) is 0 Å². The molecule has 3 heteroatoms. The Kier molecular flexibility index (Phi) is 4.37. The van der Waals surface area contributed by atoms with Gasteiger partial charge in [-0.15, -0.1) is 0 Å². The van der Waals surface area contributed by atoms with Crippen LogP contribution in [0.5, 0.6) is 0 Å². The van der Waals surface area contributed by atoms with E-state index in [0.717, 1.165) is 19.3 Å². The molecule has 1 aliphatic heterocycles. The van der Waals surface area contributed by atoms with E-state index in [1.54, 1.807) is 0 Å². The van der Waals surface area contributed by atoms with Crippen LogP contribution in [0.15, 0.2) is 30.3 Å². The third-order valence-electron chi connectivity index (χ3n) is 3.11. The molecule has 1 unspecified atom stereocenters. The van der Waals surface area contributed by atoms with Gasteiger partial charge in [0.25, 0.3) is 0 Å². The van der Waals surface area contributed by atoms with Gasteiger partial charge in [-0.2, -0.15) is 0 Å². The average Bonchev–Trinajstić information content (AvgIpc) is 3.12. The lowest BCUT2D eigenvalue weighted by atomic mass is 10.1. The second kappa shape index (κ2) is 6.01. The summed E-state index contributed by atoms with van der Waals surface area (Å²) in [6.45, 7) is 3.05. The molecule has 0 aromatic heterocycles. The first kappa shape index (κ1) is 13.1. The third-order valence-corrected chi connectivity index (χ3v) is 3.11. The van der Waals surface area contributed by atoms with Crippen molar-refractivity contribution in [1.82, 2.24) is 0 Å². The van der Waals surface area contributed by atoms with Gasteiger partial charge in [-0.1, -0.05) is 30.3 Å². The Balaban J connectivity index is 1.53. The number of hydrogen-bond donors (Lipinski definition) is 0. The number of ether oxygens (including phenoxy) is 2. The largest absolute Gasteiger partial charge is 0.463 e. The standard InChI is InChI=1S/C15H20O3/c1-15(12-18-15)11-17-14(16)10-6-5-9-13-7-3-2-4-8-13/h2-4,7-8H,5-6,9-12H2,1H3. The predicted molar refractivity (Wildman–Crippen MR) is 69.3 cm³/mol. The average molecular weight is 248 g/mol. The van der Waals surface area contributed by atoms with Gasteiger partial charge < -0.3 is 9.47 Å². The number of hydrogen-bond acceptors (Lipinski definition) is 3. The van der Waals surface area contributed by atoms with Crippen molar-refractivity contribution in [3.8, 4) is 0 Å². The van der Waals surface area contributed by atoms with E-state index in [0.29, 0.717) is 19.6 Å². The quantitative estimate of drug-likeness (QED) is 0.423. The third kappa shape index (κ3) is 4.49. The zero-order valence-corrected chi connectivity index (χ0v) is 10.9. The SMILES string of the molecule is CC1(COC(=O)CCCCc2ccccc2)CO1. The number of epoxide rings is 1. The Hall–Kier alpha value is -1.35. The second-order valence-corrected chi connectivity index (χ2v) is 5.09. The zero-order chi connectivity index (χ0) is 12.8. The monoisotopic (exact) mass is 248 g/mol. The van der Waals surface area contributed by atoms with Crippen molar-refractivity contribution in [2.45, 2.75) is 38.2 Å². The summed E-state index contributed by atoms with van der Waals surface area (Å²) in [4.78, 5) is 11.5. The number of carbonyl (C=O) groups excluding carboxylic acids is 1. The summed E-state index contributed by atoms with van der Waals surface area (Å²) < 4.78 is 10.3. The van der Waals surface area contributed by atoms with Crippen molar-refractivity contribution in [3.05, 3.63) is 35.9 Å². The summed E-state index contributed by atoms with van der Waals surface area (Å²) >= 11 is 0. The van der Waals surface area contributed by atoms with Gasteiger partial charge in [-0.3, -0.25) is 4.79 Å². The summed E-state index contributed by atoms with van der Waals surface area (Å²) in [7, 11) is 0. The van der Waals surface area contributed by atoms with Crippen LogP contribution in [-0.2, 0) is 20.7 Å². The molecule has 98 valence electrons. The van der Waals surface area contributed by atoms with E-state index in [4.69, 9.17) is 9.47 Å². The van der Waals surface area contributed by atoms with Gasteiger partial charge in [0, 0.05) is 6.42 Å². The summed E-state index contributed by atoms with van der Waals surface area (Å²) in [5.41, 5.74) is 1.13. The molecule has 1 saturated heterocycles. The van der Waals surface area contributed by atoms with Crippen LogP contribution < -0.4 is 0 Å². The number of aryl methyl sites for hydroxylation is 1. The number of benzene rings is 1. The number of rotatable bonds is 7. The van der Waals surface area contributed by atoms with Crippen LogP contribution in [0.4, 0.5) is 0 Å². The molecule has 18 heavy (non-hydrogen) atoms. The molecule has 1 atom stereocenters. The van der Waals surface area contributed by atoms with Gasteiger partial charge in [0.05, 0.1) is 6.61 Å². The minimum absolute atomic E-state index is 0.111. The molecule has 3 nitrogen and oxygen atoms in total. The molecule has 1 aliphatic rings. The minimum atomic E-state index is -0.195. The van der Waals surface area contributed by atoms with E-state index in [1.807, 2.05) is 25.1 Å². The maximum atomic E-state index is 11.5. The van der Waals surface area contributed by atoms with Crippen molar-refractivity contribution in [2.75, 3.05) is 13.2 Å². The minimum Gasteiger partial charge on any atom is -0.463 e. The molecule has 1 aromatic carbocycles. The molecule has 0 amide bonds. The highest BCUT2D eigenvalue weighted by Gasteiger charge is 2.40. The maximum absolute atomic E-state index is 11.5. The van der Waals surface area contributed by atoms with E-state index < -0.39 is 0 Å². The smallest absolute Gasteiger partial charge is 0.305 e. The molecule has 0 aliphatic carbocycles. The topological polar surface area (TPSA) is 38.8 Å². The summed E-state index contributed by atoms with van der Waals surface area (Å²) in [6.07, 6.45) is 3.43. The van der Waals surface area contributed by atoms with E-state index >= 15 is 0 Å². The normalized spacial score (nSPS) is 21.6. The number of esters is 1. The molecule has 0 spiro atoms. The highest BCUT2D eigenvalue weighted by Crippen LogP contribution is 2.25. The Morgan fingerprint density at radius 2 is 2.06 bits per heavy atom. The van der Waals surface area contributed by atoms with Crippen LogP contribution in [0.3, 0.4) is 0 Å². The van der Waals surface area contributed by atoms with Crippen LogP contribution in [0.25, 0.3) is 0 Å². The number of unbranched alkanes of at least 4 members (excludes halogenated alkanes) is 1. The van der Waals surface area contributed by atoms with E-state index in [9.17, 15) is 4.79 Å². The van der Waals surface area contributed by atoms with E-state index in [2.05, 4.69) is 12.1 Å². The Morgan fingerprint density at radius 3 is 2.72 bits per heavy atom. The highest BCUT2D eigenvalue weighted by molar-refractivity contribution is 5.69. The van der Waals surface area contributed by atoms with Gasteiger partial charge in [0.15, 0.2) is 0 Å². The van der Waals surface area contributed by atoms with Crippen molar-refractivity contribution < 1.29 is 14.3 Å². The van der Waals surface area contributed by atoms with E-state index in [1.165, 1.54) is 5.56 Å². The van der Waals surface area contributed by atoms with E-state index in [-0.39, 0.29) is 11.6 Å². The lowest BCUT2D eigenvalue weighted by Gasteiger charge is -2.07. The van der Waals surface area contributed by atoms with Gasteiger partial charge >= 0.3 is 5.97 Å². The second-order valence-electron chi connectivity index (χ2n) is 5.09. The summed E-state index contributed by atoms with van der Waals surface area (Å²) in [5, 5.41) is 0. The Labute approximate surface area is 108 Å². The predicted octanol–water partition coefficient (Wildman–Crippen LogP) is 2.73. The fourth-order valence-corrected chi connectivity index (χ4v) is 1.75. The lowest BCUT2D eigenvalue weighted by molar-refractivity contribution is -0.145. The van der Waals surface area contributed by atoms with Gasteiger partial charge in [-0.25, -0.2) is 0 Å². The van der Waals surface area contributed by atoms with Gasteiger partial charge in [-0.05, 0) is 31.7 Å². The van der Waals surface area contributed by atoms with Crippen LogP contribution in [0.1, 0.15) is 31.7 Å². The van der Waals surface area contributed by atoms with Crippen LogP contribution in [0.2, 0.25) is 0 Å². The summed E-state index contributed by atoms with van der Waals surface area (Å²) in [5.74, 6) is -0.111. The molecule has 1 heterocycles. The highest BCUT2D eigenvalue weighted by atomic mass is 16.6. The van der Waals surface area contributed by atoms with Crippen molar-refractivity contribution in [2.24, 2.45) is 0 Å². The Morgan fingerprint density at radius 1 is 1.33 bits per heavy atom. The van der Waals surface area contributed by atoms with Crippen molar-refractivity contribution >= 4 is 5.97 Å². The molecule has 0 N–H and O–H groups in total. The molecule has 0 bridgehead atoms. The molecular formula is C15H20O3. The van der Waals surface area contributed by atoms with Crippen molar-refractivity contribution in [3.63, 3.8) is 0 Å². The first-order valence-corrected chi connectivity index (χ1v) is 6.51. The molecule has 0 radical (unpaired) electrons. The van der Waals surface area contributed by atoms with Gasteiger partial charge in [0.1, 0.15) is 12.2 Å². The lowest BCUT2D eigenvalue weighted by Crippen LogP contribution is -2.18. The van der Waals surface area contributed by atoms with Gasteiger partial charge in [0.2, 0.25) is 0 Å². The molecule has 1 aromatic rings. The zero-order valence-electron chi connectivity index (χ0n) is 10.9. The first-order valence-electron chi connectivity index (χ1n) is 6.51. The fraction of sp³-hybridized carbons (Fsp3) is 0.533. The van der Waals surface area contributed by atoms with Crippen LogP contribution in [0, 0.1) is 0 Å². The Bertz CT molecular complexity index is 382. The molecule has 2 rings (SSSR count). The van der Waals surface area contributed by atoms with Crippen LogP contribution in [-0.4, -0.2) is 24.8 Å². The molecular weight excluding hydrogens is 228 g/mol. The first-order chi connectivity index (χ1) is 8.68. The fourth-order valence-electron chi connectivity index (χ4n) is 1.75. The maximum Gasteiger partial charge on any atom is 0.305 e. The molecule has 1 fully saturated rings. The summed E-state index contributed by atoms with van der Waals surface area (Å²) in [6, 6.07) is 10.3. The number of carbonyl (C=O) groups is 1. The molecule has 0 saturated carbocycles.